The normalized spacial score (nSPS) is 29.6. The van der Waals surface area contributed by atoms with E-state index in [9.17, 15) is 20.1 Å². The number of aliphatic hydroxyl groups is 2. The number of imidazole rings is 1. The van der Waals surface area contributed by atoms with Crippen LogP contribution in [-0.2, 0) is 4.74 Å². The highest BCUT2D eigenvalue weighted by atomic mass is 16.6. The summed E-state index contributed by atoms with van der Waals surface area (Å²) in [6.07, 6.45) is -0.603. The van der Waals surface area contributed by atoms with Crippen molar-refractivity contribution >= 4 is 23.1 Å². The van der Waals surface area contributed by atoms with E-state index in [4.69, 9.17) is 9.26 Å². The maximum Gasteiger partial charge on any atom is 0.407 e. The van der Waals surface area contributed by atoms with Gasteiger partial charge in [-0.05, 0) is 26.2 Å². The van der Waals surface area contributed by atoms with E-state index in [-0.39, 0.29) is 18.0 Å². The van der Waals surface area contributed by atoms with Crippen molar-refractivity contribution in [1.82, 2.24) is 34.6 Å². The molecule has 14 heteroatoms. The number of likely N-dealkylation sites (tertiary alicyclic amines) is 1. The van der Waals surface area contributed by atoms with Crippen molar-refractivity contribution in [3.05, 3.63) is 24.4 Å². The number of piperidine rings is 1. The number of amides is 1. The minimum atomic E-state index is -1.29. The molecule has 2 fully saturated rings. The second-order valence-electron chi connectivity index (χ2n) is 8.56. The van der Waals surface area contributed by atoms with Crippen LogP contribution in [0.3, 0.4) is 0 Å². The second-order valence-corrected chi connectivity index (χ2v) is 8.56. The van der Waals surface area contributed by atoms with Crippen LogP contribution in [0.15, 0.2) is 17.2 Å². The van der Waals surface area contributed by atoms with E-state index in [1.54, 1.807) is 6.92 Å². The van der Waals surface area contributed by atoms with E-state index in [1.165, 1.54) is 22.1 Å². The molecule has 0 bridgehead atoms. The molecule has 1 amide bonds. The van der Waals surface area contributed by atoms with E-state index in [1.807, 2.05) is 6.92 Å². The zero-order chi connectivity index (χ0) is 24.0. The zero-order valence-corrected chi connectivity index (χ0v) is 18.6. The molecule has 2 aliphatic rings. The molecule has 0 aliphatic carbocycles. The van der Waals surface area contributed by atoms with Crippen LogP contribution in [0, 0.1) is 6.92 Å². The molecule has 0 saturated carbocycles. The standard InChI is InChI=1S/C20H26N8O6/c1-3-11-6-10(4-5-27(11)20(31)32)25-16-12-17(22-7-21-16)28(8-23-12)19-14(30)13(29)15(33-19)18-24-9(2)26-34-18/h7-8,10-11,13-15,19,29-30H,3-6H2,1-2H3,(H,31,32)(H,21,22,25)/t10?,11?,13-,14+,15-,19+/m0/s1. The molecule has 4 N–H and O–H groups in total. The number of hydrogen-bond acceptors (Lipinski definition) is 11. The summed E-state index contributed by atoms with van der Waals surface area (Å²) in [5.41, 5.74) is 0.879. The van der Waals surface area contributed by atoms with Gasteiger partial charge in [-0.3, -0.25) is 4.57 Å². The van der Waals surface area contributed by atoms with Gasteiger partial charge in [0.2, 0.25) is 0 Å². The van der Waals surface area contributed by atoms with Crippen molar-refractivity contribution in [2.24, 2.45) is 0 Å². The summed E-state index contributed by atoms with van der Waals surface area (Å²) in [5.74, 6) is 0.968. The number of rotatable bonds is 5. The number of ether oxygens (including phenoxy) is 1. The Morgan fingerprint density at radius 3 is 2.79 bits per heavy atom. The lowest BCUT2D eigenvalue weighted by molar-refractivity contribution is -0.0451. The third-order valence-corrected chi connectivity index (χ3v) is 6.43. The van der Waals surface area contributed by atoms with Crippen LogP contribution in [-0.4, -0.2) is 86.8 Å². The summed E-state index contributed by atoms with van der Waals surface area (Å²) >= 11 is 0. The van der Waals surface area contributed by atoms with Crippen LogP contribution in [0.5, 0.6) is 0 Å². The Hall–Kier alpha value is -3.36. The molecule has 182 valence electrons. The van der Waals surface area contributed by atoms with Crippen molar-refractivity contribution in [3.63, 3.8) is 0 Å². The number of carbonyl (C=O) groups is 1. The highest BCUT2D eigenvalue weighted by Crippen LogP contribution is 2.39. The largest absolute Gasteiger partial charge is 0.465 e. The molecule has 34 heavy (non-hydrogen) atoms. The molecule has 5 rings (SSSR count). The average Bonchev–Trinajstić information content (AvgIpc) is 3.52. The fourth-order valence-electron chi connectivity index (χ4n) is 4.68. The highest BCUT2D eigenvalue weighted by molar-refractivity contribution is 5.82. The summed E-state index contributed by atoms with van der Waals surface area (Å²) in [5, 5.41) is 37.7. The Labute approximate surface area is 193 Å². The molecular weight excluding hydrogens is 448 g/mol. The number of aliphatic hydroxyl groups excluding tert-OH is 2. The number of aryl methyl sites for hydroxylation is 1. The number of carboxylic acid groups (broad SMARTS) is 1. The van der Waals surface area contributed by atoms with Gasteiger partial charge in [0.15, 0.2) is 35.1 Å². The van der Waals surface area contributed by atoms with E-state index in [2.05, 4.69) is 30.4 Å². The number of anilines is 1. The monoisotopic (exact) mass is 474 g/mol. The Morgan fingerprint density at radius 2 is 2.09 bits per heavy atom. The minimum absolute atomic E-state index is 0.0177. The first kappa shape index (κ1) is 22.4. The van der Waals surface area contributed by atoms with E-state index in [0.29, 0.717) is 42.2 Å². The predicted octanol–water partition coefficient (Wildman–Crippen LogP) is 0.843. The Morgan fingerprint density at radius 1 is 1.26 bits per heavy atom. The lowest BCUT2D eigenvalue weighted by Crippen LogP contribution is -2.48. The zero-order valence-electron chi connectivity index (χ0n) is 18.6. The molecule has 2 aliphatic heterocycles. The molecule has 2 unspecified atom stereocenters. The number of nitrogens with one attached hydrogen (secondary N) is 1. The first-order chi connectivity index (χ1) is 16.4. The number of nitrogens with zero attached hydrogens (tertiary/aromatic N) is 7. The van der Waals surface area contributed by atoms with Crippen molar-refractivity contribution in [3.8, 4) is 0 Å². The SMILES string of the molecule is CCC1CC(Nc2ncnc3c2ncn3[C@@H]2O[C@H](c3nc(C)no3)[C@@H](O)[C@H]2O)CCN1C(=O)O. The van der Waals surface area contributed by atoms with Crippen molar-refractivity contribution < 1.29 is 29.4 Å². The molecule has 3 aromatic heterocycles. The number of aromatic nitrogens is 6. The van der Waals surface area contributed by atoms with Crippen LogP contribution in [0.25, 0.3) is 11.2 Å². The van der Waals surface area contributed by atoms with Gasteiger partial charge < -0.3 is 34.8 Å². The molecule has 0 spiro atoms. The molecule has 14 nitrogen and oxygen atoms in total. The van der Waals surface area contributed by atoms with Crippen molar-refractivity contribution in [1.29, 1.82) is 0 Å². The summed E-state index contributed by atoms with van der Waals surface area (Å²) in [6.45, 7) is 4.05. The molecular formula is C20H26N8O6. The van der Waals surface area contributed by atoms with Crippen molar-refractivity contribution in [2.75, 3.05) is 11.9 Å². The van der Waals surface area contributed by atoms with Crippen molar-refractivity contribution in [2.45, 2.75) is 69.7 Å². The maximum absolute atomic E-state index is 11.5. The fraction of sp³-hybridized carbons (Fsp3) is 0.600. The van der Waals surface area contributed by atoms with Gasteiger partial charge in [0.05, 0.1) is 6.33 Å². The van der Waals surface area contributed by atoms with Crippen LogP contribution < -0.4 is 5.32 Å². The lowest BCUT2D eigenvalue weighted by Gasteiger charge is -2.37. The Bertz CT molecular complexity index is 1180. The van der Waals surface area contributed by atoms with Crippen LogP contribution >= 0.6 is 0 Å². The van der Waals surface area contributed by atoms with Gasteiger partial charge in [-0.2, -0.15) is 4.98 Å². The molecule has 3 aromatic rings. The molecule has 0 radical (unpaired) electrons. The van der Waals surface area contributed by atoms with Gasteiger partial charge in [0, 0.05) is 18.6 Å². The van der Waals surface area contributed by atoms with Gasteiger partial charge in [-0.15, -0.1) is 0 Å². The summed E-state index contributed by atoms with van der Waals surface area (Å²) in [7, 11) is 0. The first-order valence-corrected chi connectivity index (χ1v) is 11.1. The predicted molar refractivity (Wildman–Crippen MR) is 115 cm³/mol. The Balaban J connectivity index is 1.37. The highest BCUT2D eigenvalue weighted by Gasteiger charge is 2.47. The van der Waals surface area contributed by atoms with Crippen LogP contribution in [0.4, 0.5) is 10.6 Å². The van der Waals surface area contributed by atoms with Gasteiger partial charge in [-0.25, -0.2) is 19.7 Å². The lowest BCUT2D eigenvalue weighted by atomic mass is 9.95. The third kappa shape index (κ3) is 3.82. The van der Waals surface area contributed by atoms with E-state index < -0.39 is 30.6 Å². The smallest absolute Gasteiger partial charge is 0.407 e. The Kier molecular flexibility index (Phi) is 5.79. The molecule has 6 atom stereocenters. The van der Waals surface area contributed by atoms with Gasteiger partial charge in [0.25, 0.3) is 5.89 Å². The van der Waals surface area contributed by atoms with E-state index in [0.717, 1.165) is 6.42 Å². The van der Waals surface area contributed by atoms with Crippen LogP contribution in [0.1, 0.15) is 50.2 Å². The average molecular weight is 474 g/mol. The number of hydrogen-bond donors (Lipinski definition) is 4. The summed E-state index contributed by atoms with van der Waals surface area (Å²) in [6, 6.07) is -0.0588. The summed E-state index contributed by atoms with van der Waals surface area (Å²) in [4.78, 5) is 30.1. The minimum Gasteiger partial charge on any atom is -0.465 e. The molecule has 2 saturated heterocycles. The fourth-order valence-corrected chi connectivity index (χ4v) is 4.68. The quantitative estimate of drug-likeness (QED) is 0.409. The third-order valence-electron chi connectivity index (χ3n) is 6.43. The number of fused-ring (bicyclic) bond motifs is 1. The van der Waals surface area contributed by atoms with Crippen LogP contribution in [0.2, 0.25) is 0 Å². The second kappa shape index (κ2) is 8.77. The first-order valence-electron chi connectivity index (χ1n) is 11.1. The summed E-state index contributed by atoms with van der Waals surface area (Å²) < 4.78 is 12.5. The van der Waals surface area contributed by atoms with E-state index >= 15 is 0 Å². The van der Waals surface area contributed by atoms with Gasteiger partial charge in [-0.1, -0.05) is 12.1 Å². The van der Waals surface area contributed by atoms with Gasteiger partial charge in [0.1, 0.15) is 18.5 Å². The topological polar surface area (TPSA) is 185 Å². The van der Waals surface area contributed by atoms with Gasteiger partial charge >= 0.3 is 6.09 Å². The molecule has 5 heterocycles. The maximum atomic E-state index is 11.5. The molecule has 0 aromatic carbocycles.